The number of esters is 1. The molecular formula is C24H27NO2S. The number of hydrogen-bond acceptors (Lipinski definition) is 4. The van der Waals surface area contributed by atoms with E-state index >= 15 is 0 Å². The number of fused-ring (bicyclic) bond motifs is 2. The first-order valence-corrected chi connectivity index (χ1v) is 11.1. The fourth-order valence-corrected chi connectivity index (χ4v) is 5.21. The van der Waals surface area contributed by atoms with Crippen LogP contribution in [0.15, 0.2) is 59.5 Å². The lowest BCUT2D eigenvalue weighted by molar-refractivity contribution is -0.149. The van der Waals surface area contributed by atoms with E-state index in [1.165, 1.54) is 27.2 Å². The Morgan fingerprint density at radius 2 is 1.96 bits per heavy atom. The zero-order valence-corrected chi connectivity index (χ0v) is 17.2. The molecule has 2 aromatic rings. The molecule has 1 unspecified atom stereocenters. The lowest BCUT2D eigenvalue weighted by Gasteiger charge is -2.30. The second-order valence-corrected chi connectivity index (χ2v) is 8.43. The van der Waals surface area contributed by atoms with E-state index in [0.29, 0.717) is 6.61 Å². The fourth-order valence-electron chi connectivity index (χ4n) is 4.14. The van der Waals surface area contributed by atoms with Crippen molar-refractivity contribution in [2.24, 2.45) is 5.92 Å². The van der Waals surface area contributed by atoms with Gasteiger partial charge in [-0.1, -0.05) is 48.5 Å². The third-order valence-corrected chi connectivity index (χ3v) is 6.67. The smallest absolute Gasteiger partial charge is 0.310 e. The van der Waals surface area contributed by atoms with Gasteiger partial charge in [0, 0.05) is 23.7 Å². The predicted molar refractivity (Wildman–Crippen MR) is 115 cm³/mol. The molecule has 0 N–H and O–H groups in total. The summed E-state index contributed by atoms with van der Waals surface area (Å²) < 4.78 is 5.25. The molecule has 2 heterocycles. The maximum Gasteiger partial charge on any atom is 0.310 e. The number of carbonyl (C=O) groups excluding carboxylic acids is 1. The number of nitrogens with zero attached hydrogens (tertiary/aromatic N) is 1. The van der Waals surface area contributed by atoms with Crippen LogP contribution < -0.4 is 0 Å². The van der Waals surface area contributed by atoms with Crippen molar-refractivity contribution in [3.63, 3.8) is 0 Å². The molecule has 2 aliphatic rings. The molecule has 1 saturated heterocycles. The second-order valence-electron chi connectivity index (χ2n) is 7.41. The van der Waals surface area contributed by atoms with Crippen molar-refractivity contribution in [3.05, 3.63) is 71.3 Å². The van der Waals surface area contributed by atoms with E-state index in [4.69, 9.17) is 4.74 Å². The minimum absolute atomic E-state index is 0.0105. The molecule has 2 aromatic carbocycles. The largest absolute Gasteiger partial charge is 0.466 e. The van der Waals surface area contributed by atoms with Gasteiger partial charge in [-0.05, 0) is 54.6 Å². The quantitative estimate of drug-likeness (QED) is 0.684. The monoisotopic (exact) mass is 393 g/mol. The molecule has 3 nitrogen and oxygen atoms in total. The topological polar surface area (TPSA) is 29.5 Å². The molecule has 0 aromatic heterocycles. The molecule has 0 amide bonds. The number of hydrogen-bond donors (Lipinski definition) is 0. The van der Waals surface area contributed by atoms with Crippen molar-refractivity contribution in [3.8, 4) is 0 Å². The van der Waals surface area contributed by atoms with Crippen LogP contribution in [0.2, 0.25) is 0 Å². The van der Waals surface area contributed by atoms with Gasteiger partial charge in [0.05, 0.1) is 12.5 Å². The van der Waals surface area contributed by atoms with Gasteiger partial charge in [-0.15, -0.1) is 11.8 Å². The highest BCUT2D eigenvalue weighted by Gasteiger charge is 2.26. The van der Waals surface area contributed by atoms with Crippen molar-refractivity contribution in [2.75, 3.05) is 26.2 Å². The maximum absolute atomic E-state index is 12.2. The Morgan fingerprint density at radius 3 is 2.82 bits per heavy atom. The molecule has 0 aliphatic carbocycles. The van der Waals surface area contributed by atoms with Gasteiger partial charge in [0.25, 0.3) is 0 Å². The van der Waals surface area contributed by atoms with Crippen LogP contribution in [0.4, 0.5) is 0 Å². The zero-order valence-electron chi connectivity index (χ0n) is 16.4. The Labute approximate surface area is 171 Å². The van der Waals surface area contributed by atoms with Gasteiger partial charge < -0.3 is 4.74 Å². The summed E-state index contributed by atoms with van der Waals surface area (Å²) in [5.74, 6) is 0.969. The van der Waals surface area contributed by atoms with E-state index in [2.05, 4.69) is 59.5 Å². The average molecular weight is 394 g/mol. The first-order chi connectivity index (χ1) is 13.8. The molecule has 0 spiro atoms. The van der Waals surface area contributed by atoms with Crippen LogP contribution in [-0.2, 0) is 15.3 Å². The lowest BCUT2D eigenvalue weighted by Crippen LogP contribution is -2.39. The van der Waals surface area contributed by atoms with Gasteiger partial charge >= 0.3 is 5.97 Å². The van der Waals surface area contributed by atoms with E-state index in [1.807, 2.05) is 18.7 Å². The van der Waals surface area contributed by atoms with E-state index < -0.39 is 0 Å². The number of likely N-dealkylation sites (tertiary alicyclic amines) is 1. The number of ether oxygens (including phenoxy) is 1. The normalized spacial score (nSPS) is 20.9. The summed E-state index contributed by atoms with van der Waals surface area (Å²) in [6.07, 6.45) is 4.35. The number of piperidine rings is 1. The maximum atomic E-state index is 12.2. The van der Waals surface area contributed by atoms with Crippen molar-refractivity contribution < 1.29 is 9.53 Å². The third-order valence-electron chi connectivity index (χ3n) is 5.55. The lowest BCUT2D eigenvalue weighted by atomic mass is 9.93. The summed E-state index contributed by atoms with van der Waals surface area (Å²) in [5.41, 5.74) is 5.35. The molecule has 1 fully saturated rings. The van der Waals surface area contributed by atoms with Crippen molar-refractivity contribution in [1.82, 2.24) is 4.90 Å². The van der Waals surface area contributed by atoms with E-state index in [9.17, 15) is 4.79 Å². The molecule has 0 bridgehead atoms. The number of thioether (sulfide) groups is 1. The molecule has 28 heavy (non-hydrogen) atoms. The van der Waals surface area contributed by atoms with Gasteiger partial charge in [-0.25, -0.2) is 0 Å². The SMILES string of the molecule is CCOC(=O)C1CCCN(CC=C2c3ccccc3CSc3ccccc32)C1. The Balaban J connectivity index is 1.59. The molecule has 4 rings (SSSR count). The molecule has 2 aliphatic heterocycles. The highest BCUT2D eigenvalue weighted by molar-refractivity contribution is 7.98. The molecule has 146 valence electrons. The Bertz CT molecular complexity index is 827. The van der Waals surface area contributed by atoms with Crippen LogP contribution in [-0.4, -0.2) is 37.1 Å². The number of rotatable bonds is 4. The summed E-state index contributed by atoms with van der Waals surface area (Å²) in [6.45, 7) is 5.03. The van der Waals surface area contributed by atoms with Gasteiger partial charge in [0.15, 0.2) is 0 Å². The summed E-state index contributed by atoms with van der Waals surface area (Å²) in [4.78, 5) is 15.9. The molecule has 0 saturated carbocycles. The third kappa shape index (κ3) is 4.18. The minimum atomic E-state index is -0.0404. The molecule has 4 heteroatoms. The van der Waals surface area contributed by atoms with Crippen LogP contribution in [0.5, 0.6) is 0 Å². The summed E-state index contributed by atoms with van der Waals surface area (Å²) in [6, 6.07) is 17.4. The predicted octanol–water partition coefficient (Wildman–Crippen LogP) is 5.00. The van der Waals surface area contributed by atoms with Crippen LogP contribution in [0.1, 0.15) is 36.5 Å². The molecule has 0 radical (unpaired) electrons. The fraction of sp³-hybridized carbons (Fsp3) is 0.375. The average Bonchev–Trinajstić information content (AvgIpc) is 2.89. The van der Waals surface area contributed by atoms with Gasteiger partial charge in [-0.2, -0.15) is 0 Å². The number of benzene rings is 2. The van der Waals surface area contributed by atoms with Crippen LogP contribution in [0, 0.1) is 5.92 Å². The Hall–Kier alpha value is -2.04. The van der Waals surface area contributed by atoms with Crippen LogP contribution >= 0.6 is 11.8 Å². The van der Waals surface area contributed by atoms with Crippen LogP contribution in [0.25, 0.3) is 5.57 Å². The zero-order chi connectivity index (χ0) is 19.3. The van der Waals surface area contributed by atoms with Gasteiger partial charge in [0.1, 0.15) is 0 Å². The van der Waals surface area contributed by atoms with Gasteiger partial charge in [-0.3, -0.25) is 9.69 Å². The Morgan fingerprint density at radius 1 is 1.18 bits per heavy atom. The first kappa shape index (κ1) is 19.3. The van der Waals surface area contributed by atoms with Crippen molar-refractivity contribution in [1.29, 1.82) is 0 Å². The second kappa shape index (κ2) is 8.97. The van der Waals surface area contributed by atoms with Crippen molar-refractivity contribution >= 4 is 23.3 Å². The van der Waals surface area contributed by atoms with E-state index in [0.717, 1.165) is 38.2 Å². The molecule has 1 atom stereocenters. The van der Waals surface area contributed by atoms with Gasteiger partial charge in [0.2, 0.25) is 0 Å². The Kier molecular flexibility index (Phi) is 6.18. The standard InChI is InChI=1S/C24H27NO2S/c1-2-27-24(26)18-9-7-14-25(16-18)15-13-21-20-10-4-3-8-19(20)17-28-23-12-6-5-11-22(21)23/h3-6,8,10-13,18H,2,7,9,14-17H2,1H3. The highest BCUT2D eigenvalue weighted by atomic mass is 32.2. The minimum Gasteiger partial charge on any atom is -0.466 e. The summed E-state index contributed by atoms with van der Waals surface area (Å²) in [7, 11) is 0. The summed E-state index contributed by atoms with van der Waals surface area (Å²) >= 11 is 1.91. The molecular weight excluding hydrogens is 366 g/mol. The van der Waals surface area contributed by atoms with E-state index in [1.54, 1.807) is 0 Å². The van der Waals surface area contributed by atoms with E-state index in [-0.39, 0.29) is 11.9 Å². The van der Waals surface area contributed by atoms with Crippen LogP contribution in [0.3, 0.4) is 0 Å². The highest BCUT2D eigenvalue weighted by Crippen LogP contribution is 2.39. The summed E-state index contributed by atoms with van der Waals surface area (Å²) in [5, 5.41) is 0. The number of carbonyl (C=O) groups is 1. The first-order valence-electron chi connectivity index (χ1n) is 10.2. The van der Waals surface area contributed by atoms with Crippen molar-refractivity contribution in [2.45, 2.75) is 30.4 Å².